The van der Waals surface area contributed by atoms with Crippen LogP contribution in [0.25, 0.3) is 0 Å². The quantitative estimate of drug-likeness (QED) is 0.768. The average Bonchev–Trinajstić information content (AvgIpc) is 2.69. The number of nitrogens with one attached hydrogen (secondary N) is 2. The zero-order valence-corrected chi connectivity index (χ0v) is 15.2. The van der Waals surface area contributed by atoms with Crippen molar-refractivity contribution in [2.45, 2.75) is 6.54 Å². The molecule has 0 bridgehead atoms. The van der Waals surface area contributed by atoms with E-state index >= 15 is 0 Å². The molecule has 0 atom stereocenters. The van der Waals surface area contributed by atoms with E-state index in [9.17, 15) is 4.79 Å². The van der Waals surface area contributed by atoms with Gasteiger partial charge < -0.3 is 15.4 Å². The summed E-state index contributed by atoms with van der Waals surface area (Å²) in [5, 5.41) is 6.74. The number of ether oxygens (including phenoxy) is 1. The average molecular weight is 376 g/mol. The fourth-order valence-corrected chi connectivity index (χ4v) is 2.70. The molecule has 8 heteroatoms. The maximum absolute atomic E-state index is 12.1. The van der Waals surface area contributed by atoms with Crippen molar-refractivity contribution in [1.29, 1.82) is 0 Å². The number of aromatic nitrogens is 2. The number of halogens is 1. The second-order valence-corrected chi connectivity index (χ2v) is 6.41. The Morgan fingerprint density at radius 1 is 1.15 bits per heavy atom. The molecule has 0 radical (unpaired) electrons. The van der Waals surface area contributed by atoms with Crippen LogP contribution in [0.15, 0.2) is 36.7 Å². The molecule has 1 aliphatic rings. The summed E-state index contributed by atoms with van der Waals surface area (Å²) in [6.45, 7) is 5.32. The Bertz CT molecular complexity index is 703. The lowest BCUT2D eigenvalue weighted by Crippen LogP contribution is -2.41. The Labute approximate surface area is 157 Å². The largest absolute Gasteiger partial charge is 0.379 e. The lowest BCUT2D eigenvalue weighted by molar-refractivity contribution is 0.0383. The topological polar surface area (TPSA) is 79.4 Å². The molecule has 1 aromatic heterocycles. The number of carbonyl (C=O) groups is 1. The minimum Gasteiger partial charge on any atom is -0.379 e. The zero-order chi connectivity index (χ0) is 18.2. The fraction of sp³-hybridized carbons (Fsp3) is 0.389. The Kier molecular flexibility index (Phi) is 6.76. The van der Waals surface area contributed by atoms with E-state index in [1.807, 2.05) is 24.3 Å². The molecule has 1 aromatic carbocycles. The van der Waals surface area contributed by atoms with Crippen molar-refractivity contribution in [3.8, 4) is 0 Å². The molecule has 0 unspecified atom stereocenters. The van der Waals surface area contributed by atoms with Gasteiger partial charge in [-0.2, -0.15) is 0 Å². The minimum absolute atomic E-state index is 0.213. The van der Waals surface area contributed by atoms with Crippen LogP contribution < -0.4 is 10.6 Å². The van der Waals surface area contributed by atoms with Crippen molar-refractivity contribution in [3.05, 3.63) is 52.9 Å². The van der Waals surface area contributed by atoms with Gasteiger partial charge in [0.2, 0.25) is 0 Å². The molecule has 2 heterocycles. The summed E-state index contributed by atoms with van der Waals surface area (Å²) in [6.07, 6.45) is 3.04. The van der Waals surface area contributed by atoms with Crippen molar-refractivity contribution in [2.75, 3.05) is 44.7 Å². The van der Waals surface area contributed by atoms with Gasteiger partial charge in [0.25, 0.3) is 5.91 Å². The SMILES string of the molecule is O=C(NCCN1CCOCC1)c1cnc(NCc2ccc(Cl)cc2)cn1. The molecule has 1 amide bonds. The number of benzene rings is 1. The molecule has 3 rings (SSSR count). The number of carbonyl (C=O) groups excluding carboxylic acids is 1. The summed E-state index contributed by atoms with van der Waals surface area (Å²) in [7, 11) is 0. The van der Waals surface area contributed by atoms with Crippen LogP contribution in [-0.4, -0.2) is 60.2 Å². The lowest BCUT2D eigenvalue weighted by Gasteiger charge is -2.26. The molecule has 7 nitrogen and oxygen atoms in total. The van der Waals surface area contributed by atoms with Gasteiger partial charge >= 0.3 is 0 Å². The highest BCUT2D eigenvalue weighted by molar-refractivity contribution is 6.30. The summed E-state index contributed by atoms with van der Waals surface area (Å²) >= 11 is 5.87. The lowest BCUT2D eigenvalue weighted by atomic mass is 10.2. The van der Waals surface area contributed by atoms with E-state index in [1.54, 1.807) is 6.20 Å². The first-order valence-electron chi connectivity index (χ1n) is 8.59. The molecule has 1 saturated heterocycles. The van der Waals surface area contributed by atoms with Crippen LogP contribution in [0.3, 0.4) is 0 Å². The van der Waals surface area contributed by atoms with E-state index in [-0.39, 0.29) is 5.91 Å². The van der Waals surface area contributed by atoms with Gasteiger partial charge in [-0.15, -0.1) is 0 Å². The Balaban J connectivity index is 1.42. The number of nitrogens with zero attached hydrogens (tertiary/aromatic N) is 3. The molecular formula is C18H22ClN5O2. The molecule has 138 valence electrons. The predicted molar refractivity (Wildman–Crippen MR) is 100 cm³/mol. The van der Waals surface area contributed by atoms with Crippen LogP contribution in [0.2, 0.25) is 5.02 Å². The Morgan fingerprint density at radius 2 is 1.92 bits per heavy atom. The number of hydrogen-bond donors (Lipinski definition) is 2. The number of amides is 1. The summed E-state index contributed by atoms with van der Waals surface area (Å²) in [4.78, 5) is 22.8. The van der Waals surface area contributed by atoms with Gasteiger partial charge in [0.15, 0.2) is 0 Å². The highest BCUT2D eigenvalue weighted by atomic mass is 35.5. The zero-order valence-electron chi connectivity index (χ0n) is 14.4. The van der Waals surface area contributed by atoms with E-state index in [0.717, 1.165) is 38.4 Å². The van der Waals surface area contributed by atoms with Gasteiger partial charge in [-0.1, -0.05) is 23.7 Å². The smallest absolute Gasteiger partial charge is 0.271 e. The van der Waals surface area contributed by atoms with Crippen LogP contribution in [0, 0.1) is 0 Å². The molecule has 0 saturated carbocycles. The van der Waals surface area contributed by atoms with Crippen molar-refractivity contribution >= 4 is 23.3 Å². The number of rotatable bonds is 7. The highest BCUT2D eigenvalue weighted by Crippen LogP contribution is 2.11. The van der Waals surface area contributed by atoms with Crippen molar-refractivity contribution in [3.63, 3.8) is 0 Å². The third-order valence-corrected chi connectivity index (χ3v) is 4.34. The van der Waals surface area contributed by atoms with Crippen LogP contribution in [0.1, 0.15) is 16.1 Å². The van der Waals surface area contributed by atoms with Crippen LogP contribution in [-0.2, 0) is 11.3 Å². The monoisotopic (exact) mass is 375 g/mol. The van der Waals surface area contributed by atoms with Gasteiger partial charge in [-0.05, 0) is 17.7 Å². The van der Waals surface area contributed by atoms with Crippen LogP contribution in [0.4, 0.5) is 5.82 Å². The van der Waals surface area contributed by atoms with Crippen molar-refractivity contribution < 1.29 is 9.53 Å². The number of hydrogen-bond acceptors (Lipinski definition) is 6. The summed E-state index contributed by atoms with van der Waals surface area (Å²) in [5.74, 6) is 0.403. The fourth-order valence-electron chi connectivity index (χ4n) is 2.57. The van der Waals surface area contributed by atoms with Gasteiger partial charge in [-0.25, -0.2) is 9.97 Å². The Morgan fingerprint density at radius 3 is 2.62 bits per heavy atom. The normalized spacial score (nSPS) is 14.8. The van der Waals surface area contributed by atoms with E-state index in [0.29, 0.717) is 29.6 Å². The van der Waals surface area contributed by atoms with Gasteiger partial charge in [0.1, 0.15) is 11.5 Å². The van der Waals surface area contributed by atoms with E-state index < -0.39 is 0 Å². The Hall–Kier alpha value is -2.22. The molecular weight excluding hydrogens is 354 g/mol. The maximum Gasteiger partial charge on any atom is 0.271 e. The predicted octanol–water partition coefficient (Wildman–Crippen LogP) is 1.80. The molecule has 1 aliphatic heterocycles. The third-order valence-electron chi connectivity index (χ3n) is 4.09. The minimum atomic E-state index is -0.213. The van der Waals surface area contributed by atoms with E-state index in [2.05, 4.69) is 25.5 Å². The maximum atomic E-state index is 12.1. The van der Waals surface area contributed by atoms with Gasteiger partial charge in [-0.3, -0.25) is 9.69 Å². The molecule has 26 heavy (non-hydrogen) atoms. The molecule has 1 fully saturated rings. The molecule has 2 N–H and O–H groups in total. The highest BCUT2D eigenvalue weighted by Gasteiger charge is 2.11. The second-order valence-electron chi connectivity index (χ2n) is 5.98. The van der Waals surface area contributed by atoms with Gasteiger partial charge in [0.05, 0.1) is 25.6 Å². The molecule has 0 spiro atoms. The van der Waals surface area contributed by atoms with E-state index in [1.165, 1.54) is 6.20 Å². The summed E-state index contributed by atoms with van der Waals surface area (Å²) in [5.41, 5.74) is 1.39. The summed E-state index contributed by atoms with van der Waals surface area (Å²) in [6, 6.07) is 7.57. The van der Waals surface area contributed by atoms with Gasteiger partial charge in [0, 0.05) is 37.7 Å². The van der Waals surface area contributed by atoms with Crippen molar-refractivity contribution in [2.24, 2.45) is 0 Å². The first-order chi connectivity index (χ1) is 12.7. The van der Waals surface area contributed by atoms with Crippen LogP contribution in [0.5, 0.6) is 0 Å². The second kappa shape index (κ2) is 9.47. The number of morpholine rings is 1. The van der Waals surface area contributed by atoms with Crippen molar-refractivity contribution in [1.82, 2.24) is 20.2 Å². The first-order valence-corrected chi connectivity index (χ1v) is 8.97. The molecule has 0 aliphatic carbocycles. The summed E-state index contributed by atoms with van der Waals surface area (Å²) < 4.78 is 5.30. The van der Waals surface area contributed by atoms with E-state index in [4.69, 9.17) is 16.3 Å². The molecule has 2 aromatic rings. The van der Waals surface area contributed by atoms with Crippen LogP contribution >= 0.6 is 11.6 Å². The number of anilines is 1. The first kappa shape index (κ1) is 18.6. The third kappa shape index (κ3) is 5.66. The standard InChI is InChI=1S/C18H22ClN5O2/c19-15-3-1-14(2-4-15)11-22-17-13-21-16(12-23-17)18(25)20-5-6-24-7-9-26-10-8-24/h1-4,12-13H,5-11H2,(H,20,25)(H,22,23).